The third-order valence-electron chi connectivity index (χ3n) is 16.3. The van der Waals surface area contributed by atoms with Crippen molar-refractivity contribution >= 4 is 53.9 Å². The highest BCUT2D eigenvalue weighted by Crippen LogP contribution is 2.60. The molecule has 74 heavy (non-hydrogen) atoms. The van der Waals surface area contributed by atoms with Gasteiger partial charge in [-0.25, -0.2) is 0 Å². The minimum atomic E-state index is 1.20. The van der Waals surface area contributed by atoms with Crippen molar-refractivity contribution < 1.29 is 0 Å². The summed E-state index contributed by atoms with van der Waals surface area (Å²) in [4.78, 5) is 0. The summed E-state index contributed by atoms with van der Waals surface area (Å²) in [5.74, 6) is 0. The van der Waals surface area contributed by atoms with Crippen LogP contribution in [-0.4, -0.2) is 0 Å². The molecule has 340 valence electrons. The Kier molecular flexibility index (Phi) is 8.84. The minimum absolute atomic E-state index is 1.20. The first-order valence-corrected chi connectivity index (χ1v) is 25.8. The Balaban J connectivity index is 0.902. The first kappa shape index (κ1) is 41.0. The summed E-state index contributed by atoms with van der Waals surface area (Å²) in [5, 5.41) is 12.7. The van der Waals surface area contributed by atoms with Gasteiger partial charge in [0, 0.05) is 0 Å². The van der Waals surface area contributed by atoms with Gasteiger partial charge in [-0.3, -0.25) is 0 Å². The lowest BCUT2D eigenvalue weighted by Gasteiger charge is -2.21. The van der Waals surface area contributed by atoms with Gasteiger partial charge in [0.25, 0.3) is 0 Å². The van der Waals surface area contributed by atoms with E-state index >= 15 is 0 Å². The van der Waals surface area contributed by atoms with Crippen LogP contribution in [0.3, 0.4) is 0 Å². The fraction of sp³-hybridized carbons (Fsp3) is 0. The van der Waals surface area contributed by atoms with Crippen molar-refractivity contribution in [2.24, 2.45) is 0 Å². The molecule has 0 aromatic heterocycles. The fourth-order valence-electron chi connectivity index (χ4n) is 13.2. The molecule has 14 aromatic carbocycles. The molecule has 0 radical (unpaired) electrons. The lowest BCUT2D eigenvalue weighted by Crippen LogP contribution is -1.94. The molecule has 0 spiro atoms. The second kappa shape index (κ2) is 15.9. The van der Waals surface area contributed by atoms with E-state index in [1.54, 1.807) is 0 Å². The zero-order chi connectivity index (χ0) is 48.4. The second-order valence-corrected chi connectivity index (χ2v) is 20.2. The summed E-state index contributed by atoms with van der Waals surface area (Å²) in [5.41, 5.74) is 25.4. The third-order valence-corrected chi connectivity index (χ3v) is 16.3. The zero-order valence-electron chi connectivity index (χ0n) is 40.4. The molecule has 0 heteroatoms. The van der Waals surface area contributed by atoms with Crippen LogP contribution in [0.15, 0.2) is 267 Å². The number of hydrogen-bond donors (Lipinski definition) is 0. The van der Waals surface area contributed by atoms with Crippen molar-refractivity contribution in [3.05, 3.63) is 267 Å². The molecule has 0 atom stereocenters. The SMILES string of the molecule is c1ccc(-c2c3c(c(-c4ccccc4)c4cc(-c5ccc6ccc(-c7ccc8c(-c9ccccc9)c9c(c(-c%10ccccc%10)c8c7)-c7cccc8cccc-9c78)cc6c5)ccc24)-c2cccc4cccc-3c24)cc1. The van der Waals surface area contributed by atoms with E-state index in [0.29, 0.717) is 0 Å². The van der Waals surface area contributed by atoms with Gasteiger partial charge in [0.2, 0.25) is 0 Å². The third kappa shape index (κ3) is 5.97. The molecule has 0 saturated carbocycles. The highest BCUT2D eigenvalue weighted by Gasteiger charge is 2.32. The zero-order valence-corrected chi connectivity index (χ0v) is 40.4. The minimum Gasteiger partial charge on any atom is -0.0622 e. The van der Waals surface area contributed by atoms with Crippen LogP contribution in [0, 0.1) is 0 Å². The molecule has 14 aromatic rings. The molecule has 0 saturated heterocycles. The normalized spacial score (nSPS) is 12.1. The van der Waals surface area contributed by atoms with Gasteiger partial charge in [-0.15, -0.1) is 0 Å². The van der Waals surface area contributed by atoms with E-state index in [4.69, 9.17) is 0 Å². The summed E-state index contributed by atoms with van der Waals surface area (Å²) in [7, 11) is 0. The van der Waals surface area contributed by atoms with Crippen LogP contribution in [-0.2, 0) is 0 Å². The van der Waals surface area contributed by atoms with Crippen LogP contribution in [0.2, 0.25) is 0 Å². The first-order chi connectivity index (χ1) is 36.7. The van der Waals surface area contributed by atoms with E-state index in [1.807, 2.05) is 0 Å². The van der Waals surface area contributed by atoms with E-state index in [9.17, 15) is 0 Å². The predicted octanol–water partition coefficient (Wildman–Crippen LogP) is 20.7. The van der Waals surface area contributed by atoms with Crippen LogP contribution in [0.25, 0.3) is 165 Å². The van der Waals surface area contributed by atoms with Gasteiger partial charge in [-0.1, -0.05) is 243 Å². The Morgan fingerprint density at radius 2 is 0.446 bits per heavy atom. The van der Waals surface area contributed by atoms with Crippen molar-refractivity contribution in [2.75, 3.05) is 0 Å². The van der Waals surface area contributed by atoms with Crippen molar-refractivity contribution in [3.63, 3.8) is 0 Å². The van der Waals surface area contributed by atoms with Crippen molar-refractivity contribution in [1.82, 2.24) is 0 Å². The van der Waals surface area contributed by atoms with Crippen LogP contribution in [0.5, 0.6) is 0 Å². The maximum absolute atomic E-state index is 2.47. The highest BCUT2D eigenvalue weighted by molar-refractivity contribution is 6.29. The molecule has 2 aliphatic rings. The molecular weight excluding hydrogens is 889 g/mol. The number of benzene rings is 14. The lowest BCUT2D eigenvalue weighted by molar-refractivity contribution is 1.61. The van der Waals surface area contributed by atoms with Crippen molar-refractivity contribution in [3.8, 4) is 111 Å². The van der Waals surface area contributed by atoms with Gasteiger partial charge in [0.15, 0.2) is 0 Å². The van der Waals surface area contributed by atoms with E-state index in [0.717, 1.165) is 0 Å². The number of fused-ring (bicyclic) bond motifs is 9. The van der Waals surface area contributed by atoms with Gasteiger partial charge in [-0.05, 0) is 189 Å². The van der Waals surface area contributed by atoms with Crippen LogP contribution < -0.4 is 0 Å². The monoisotopic (exact) mass is 932 g/mol. The predicted molar refractivity (Wildman–Crippen MR) is 315 cm³/mol. The summed E-state index contributed by atoms with van der Waals surface area (Å²) in [6, 6.07) is 99.9. The summed E-state index contributed by atoms with van der Waals surface area (Å²) in [6.45, 7) is 0. The molecule has 0 unspecified atom stereocenters. The smallest absolute Gasteiger partial charge is 0.000741 e. The van der Waals surface area contributed by atoms with E-state index in [2.05, 4.69) is 267 Å². The van der Waals surface area contributed by atoms with E-state index < -0.39 is 0 Å². The number of hydrogen-bond acceptors (Lipinski definition) is 0. The molecule has 2 aliphatic carbocycles. The van der Waals surface area contributed by atoms with Crippen LogP contribution >= 0.6 is 0 Å². The molecular formula is C74H44. The molecule has 0 heterocycles. The molecule has 0 nitrogen and oxygen atoms in total. The van der Waals surface area contributed by atoms with Crippen LogP contribution in [0.4, 0.5) is 0 Å². The average molecular weight is 933 g/mol. The Morgan fingerprint density at radius 3 is 0.784 bits per heavy atom. The molecule has 0 fully saturated rings. The number of rotatable bonds is 6. The Labute approximate surface area is 429 Å². The molecule has 0 amide bonds. The molecule has 0 aliphatic heterocycles. The van der Waals surface area contributed by atoms with E-state index in [-0.39, 0.29) is 0 Å². The topological polar surface area (TPSA) is 0 Å². The molecule has 16 rings (SSSR count). The Bertz CT molecular complexity index is 4350. The fourth-order valence-corrected chi connectivity index (χ4v) is 13.2. The van der Waals surface area contributed by atoms with Gasteiger partial charge in [-0.2, -0.15) is 0 Å². The van der Waals surface area contributed by atoms with Gasteiger partial charge in [0.05, 0.1) is 0 Å². The van der Waals surface area contributed by atoms with Crippen molar-refractivity contribution in [2.45, 2.75) is 0 Å². The highest BCUT2D eigenvalue weighted by atomic mass is 14.3. The summed E-state index contributed by atoms with van der Waals surface area (Å²) >= 11 is 0. The van der Waals surface area contributed by atoms with Gasteiger partial charge >= 0.3 is 0 Å². The van der Waals surface area contributed by atoms with Gasteiger partial charge < -0.3 is 0 Å². The van der Waals surface area contributed by atoms with E-state index in [1.165, 1.54) is 165 Å². The summed E-state index contributed by atoms with van der Waals surface area (Å²) < 4.78 is 0. The van der Waals surface area contributed by atoms with Crippen molar-refractivity contribution in [1.29, 1.82) is 0 Å². The molecule has 0 bridgehead atoms. The maximum Gasteiger partial charge on any atom is -0.000741 e. The van der Waals surface area contributed by atoms with Crippen LogP contribution in [0.1, 0.15) is 0 Å². The lowest BCUT2D eigenvalue weighted by atomic mass is 9.81. The molecule has 0 N–H and O–H groups in total. The second-order valence-electron chi connectivity index (χ2n) is 20.2. The van der Waals surface area contributed by atoms with Gasteiger partial charge in [0.1, 0.15) is 0 Å². The largest absolute Gasteiger partial charge is 0.0622 e. The quantitative estimate of drug-likeness (QED) is 0.156. The average Bonchev–Trinajstić information content (AvgIpc) is 3.98. The maximum atomic E-state index is 2.47. The first-order valence-electron chi connectivity index (χ1n) is 25.8. The Morgan fingerprint density at radius 1 is 0.149 bits per heavy atom. The standard InChI is InChI=1S/C74H44/c1-5-17-48(18-6-1)67-57-39-37-54(43-63(57)69(50-21-9-3-10-22-50)73-61-31-15-27-46-25-13-29-59(65(46)61)71(67)73)52-35-33-45-34-36-53(42-56(45)41-52)55-38-40-58-64(44-55)70(51-23-11-4-12-24-51)74-62-32-16-28-47-26-14-30-60(66(47)62)72(74)68(58)49-19-7-2-8-20-49/h1-44H. The Hall–Kier alpha value is -9.62. The summed E-state index contributed by atoms with van der Waals surface area (Å²) in [6.07, 6.45) is 0.